The lowest BCUT2D eigenvalue weighted by atomic mass is 10.2. The molecule has 0 aliphatic heterocycles. The molecule has 1 heterocycles. The molecule has 1 aromatic heterocycles. The van der Waals surface area contributed by atoms with E-state index < -0.39 is 0 Å². The second-order valence-corrected chi connectivity index (χ2v) is 4.35. The van der Waals surface area contributed by atoms with Gasteiger partial charge in [-0.1, -0.05) is 24.3 Å². The van der Waals surface area contributed by atoms with Gasteiger partial charge in [-0.3, -0.25) is 0 Å². The zero-order valence-electron chi connectivity index (χ0n) is 11.4. The molecule has 2 rings (SSSR count). The van der Waals surface area contributed by atoms with E-state index in [2.05, 4.69) is 22.6 Å². The minimum Gasteiger partial charge on any atom is -0.382 e. The lowest BCUT2D eigenvalue weighted by molar-refractivity contribution is 0.809. The molecule has 20 heavy (non-hydrogen) atoms. The fourth-order valence-electron chi connectivity index (χ4n) is 1.82. The number of nitrogens with one attached hydrogen (secondary N) is 1. The third-order valence-corrected chi connectivity index (χ3v) is 2.94. The van der Waals surface area contributed by atoms with Gasteiger partial charge in [-0.25, -0.2) is 4.68 Å². The molecule has 2 aromatic rings. The van der Waals surface area contributed by atoms with Gasteiger partial charge in [-0.15, -0.1) is 0 Å². The highest BCUT2D eigenvalue weighted by atomic mass is 15.3. The quantitative estimate of drug-likeness (QED) is 0.811. The SMILES string of the molecule is CNCCC=Cc1ccc(-n2ncc(C#N)c2N)cc1. The van der Waals surface area contributed by atoms with Crippen LogP contribution in [0.25, 0.3) is 11.8 Å². The Labute approximate surface area is 118 Å². The molecule has 0 atom stereocenters. The molecular formula is C15H17N5. The van der Waals surface area contributed by atoms with Gasteiger partial charge in [0.1, 0.15) is 17.5 Å². The fourth-order valence-corrected chi connectivity index (χ4v) is 1.82. The summed E-state index contributed by atoms with van der Waals surface area (Å²) in [7, 11) is 1.94. The number of aromatic nitrogens is 2. The van der Waals surface area contributed by atoms with Crippen molar-refractivity contribution in [2.45, 2.75) is 6.42 Å². The van der Waals surface area contributed by atoms with Crippen molar-refractivity contribution in [2.24, 2.45) is 0 Å². The van der Waals surface area contributed by atoms with E-state index in [1.807, 2.05) is 37.4 Å². The molecule has 0 spiro atoms. The van der Waals surface area contributed by atoms with Gasteiger partial charge in [0.2, 0.25) is 0 Å². The standard InChI is InChI=1S/C15H17N5/c1-18-9-3-2-4-12-5-7-14(8-6-12)20-15(17)13(10-16)11-19-20/h2,4-8,11,18H,3,9,17H2,1H3. The summed E-state index contributed by atoms with van der Waals surface area (Å²) in [5, 5.41) is 16.1. The molecule has 0 bridgehead atoms. The predicted octanol–water partition coefficient (Wildman–Crippen LogP) is 1.95. The first-order valence-electron chi connectivity index (χ1n) is 6.41. The molecule has 3 N–H and O–H groups in total. The van der Waals surface area contributed by atoms with Gasteiger partial charge in [-0.2, -0.15) is 10.4 Å². The van der Waals surface area contributed by atoms with Crippen molar-refractivity contribution in [1.29, 1.82) is 5.26 Å². The molecule has 5 nitrogen and oxygen atoms in total. The van der Waals surface area contributed by atoms with Crippen LogP contribution in [0.15, 0.2) is 36.5 Å². The van der Waals surface area contributed by atoms with Crippen molar-refractivity contribution in [2.75, 3.05) is 19.3 Å². The first-order chi connectivity index (χ1) is 9.76. The number of nitrogen functional groups attached to an aromatic ring is 1. The van der Waals surface area contributed by atoms with Crippen LogP contribution < -0.4 is 11.1 Å². The number of nitriles is 1. The van der Waals surface area contributed by atoms with Crippen LogP contribution in [-0.4, -0.2) is 23.4 Å². The summed E-state index contributed by atoms with van der Waals surface area (Å²) in [5.41, 5.74) is 8.21. The lowest BCUT2D eigenvalue weighted by Gasteiger charge is -2.04. The van der Waals surface area contributed by atoms with Gasteiger partial charge in [0.05, 0.1) is 11.9 Å². The van der Waals surface area contributed by atoms with Crippen LogP contribution in [-0.2, 0) is 0 Å². The number of hydrogen-bond acceptors (Lipinski definition) is 4. The number of benzene rings is 1. The molecule has 5 heteroatoms. The number of nitrogens with two attached hydrogens (primary N) is 1. The van der Waals surface area contributed by atoms with Crippen molar-refractivity contribution >= 4 is 11.9 Å². The summed E-state index contributed by atoms with van der Waals surface area (Å²) < 4.78 is 1.56. The zero-order chi connectivity index (χ0) is 14.4. The fraction of sp³-hybridized carbons (Fsp3) is 0.200. The Balaban J connectivity index is 2.14. The molecular weight excluding hydrogens is 250 g/mol. The second kappa shape index (κ2) is 6.55. The van der Waals surface area contributed by atoms with Crippen molar-refractivity contribution in [3.63, 3.8) is 0 Å². The van der Waals surface area contributed by atoms with Gasteiger partial charge in [0.25, 0.3) is 0 Å². The summed E-state index contributed by atoms with van der Waals surface area (Å²) in [6.07, 6.45) is 6.67. The van der Waals surface area contributed by atoms with E-state index in [-0.39, 0.29) is 0 Å². The minimum absolute atomic E-state index is 0.366. The molecule has 1 aromatic carbocycles. The van der Waals surface area contributed by atoms with E-state index in [9.17, 15) is 0 Å². The molecule has 0 saturated heterocycles. The zero-order valence-corrected chi connectivity index (χ0v) is 11.4. The molecule has 0 amide bonds. The highest BCUT2D eigenvalue weighted by Crippen LogP contribution is 2.17. The molecule has 0 radical (unpaired) electrons. The predicted molar refractivity (Wildman–Crippen MR) is 80.3 cm³/mol. The van der Waals surface area contributed by atoms with Gasteiger partial charge >= 0.3 is 0 Å². The Bertz CT molecular complexity index is 631. The average Bonchev–Trinajstić information content (AvgIpc) is 2.85. The summed E-state index contributed by atoms with van der Waals surface area (Å²) in [4.78, 5) is 0. The van der Waals surface area contributed by atoms with Crippen molar-refractivity contribution < 1.29 is 0 Å². The third kappa shape index (κ3) is 3.05. The average molecular weight is 267 g/mol. The van der Waals surface area contributed by atoms with Crippen LogP contribution >= 0.6 is 0 Å². The van der Waals surface area contributed by atoms with E-state index in [0.29, 0.717) is 11.4 Å². The van der Waals surface area contributed by atoms with Gasteiger partial charge in [-0.05, 0) is 37.7 Å². The van der Waals surface area contributed by atoms with Crippen molar-refractivity contribution in [1.82, 2.24) is 15.1 Å². The summed E-state index contributed by atoms with van der Waals surface area (Å²) in [5.74, 6) is 0.366. The first-order valence-corrected chi connectivity index (χ1v) is 6.41. The Morgan fingerprint density at radius 2 is 2.15 bits per heavy atom. The van der Waals surface area contributed by atoms with E-state index in [4.69, 9.17) is 11.0 Å². The molecule has 0 aliphatic rings. The molecule has 0 fully saturated rings. The summed E-state index contributed by atoms with van der Waals surface area (Å²) >= 11 is 0. The minimum atomic E-state index is 0.366. The Morgan fingerprint density at radius 3 is 2.75 bits per heavy atom. The monoisotopic (exact) mass is 267 g/mol. The van der Waals surface area contributed by atoms with Crippen LogP contribution in [0.2, 0.25) is 0 Å². The highest BCUT2D eigenvalue weighted by Gasteiger charge is 2.07. The Morgan fingerprint density at radius 1 is 1.40 bits per heavy atom. The molecule has 0 aliphatic carbocycles. The number of nitrogens with zero attached hydrogens (tertiary/aromatic N) is 3. The van der Waals surface area contributed by atoms with Crippen LogP contribution in [0.1, 0.15) is 17.5 Å². The highest BCUT2D eigenvalue weighted by molar-refractivity contribution is 5.55. The summed E-state index contributed by atoms with van der Waals surface area (Å²) in [6, 6.07) is 9.87. The topological polar surface area (TPSA) is 79.7 Å². The van der Waals surface area contributed by atoms with E-state index in [1.165, 1.54) is 6.20 Å². The van der Waals surface area contributed by atoms with E-state index >= 15 is 0 Å². The Kier molecular flexibility index (Phi) is 4.53. The van der Waals surface area contributed by atoms with Gasteiger partial charge in [0.15, 0.2) is 0 Å². The molecule has 0 saturated carbocycles. The van der Waals surface area contributed by atoms with Gasteiger partial charge < -0.3 is 11.1 Å². The normalized spacial score (nSPS) is 10.8. The maximum absolute atomic E-state index is 8.87. The van der Waals surface area contributed by atoms with Gasteiger partial charge in [0, 0.05) is 0 Å². The van der Waals surface area contributed by atoms with Crippen molar-refractivity contribution in [3.8, 4) is 11.8 Å². The number of hydrogen-bond donors (Lipinski definition) is 2. The van der Waals surface area contributed by atoms with Crippen LogP contribution in [0.5, 0.6) is 0 Å². The number of anilines is 1. The number of rotatable bonds is 5. The third-order valence-electron chi connectivity index (χ3n) is 2.94. The van der Waals surface area contributed by atoms with Crippen LogP contribution in [0, 0.1) is 11.3 Å². The van der Waals surface area contributed by atoms with Crippen molar-refractivity contribution in [3.05, 3.63) is 47.7 Å². The van der Waals surface area contributed by atoms with E-state index in [0.717, 1.165) is 24.2 Å². The summed E-state index contributed by atoms with van der Waals surface area (Å²) in [6.45, 7) is 0.968. The van der Waals surface area contributed by atoms with Crippen LogP contribution in [0.3, 0.4) is 0 Å². The second-order valence-electron chi connectivity index (χ2n) is 4.35. The smallest absolute Gasteiger partial charge is 0.145 e. The largest absolute Gasteiger partial charge is 0.382 e. The molecule has 0 unspecified atom stereocenters. The maximum atomic E-state index is 8.87. The lowest BCUT2D eigenvalue weighted by Crippen LogP contribution is -2.05. The maximum Gasteiger partial charge on any atom is 0.145 e. The van der Waals surface area contributed by atoms with E-state index in [1.54, 1.807) is 4.68 Å². The molecule has 102 valence electrons. The Hall–Kier alpha value is -2.58. The van der Waals surface area contributed by atoms with Crippen LogP contribution in [0.4, 0.5) is 5.82 Å². The first kappa shape index (κ1) is 13.8.